The number of hydrogen-bond acceptors (Lipinski definition) is 6. The molecule has 7 heteroatoms. The first-order valence-electron chi connectivity index (χ1n) is 19.7. The highest BCUT2D eigenvalue weighted by atomic mass is 16.5. The van der Waals surface area contributed by atoms with Crippen LogP contribution in [0.15, 0.2) is 134 Å². The summed E-state index contributed by atoms with van der Waals surface area (Å²) < 4.78 is 8.90. The van der Waals surface area contributed by atoms with E-state index in [1.165, 1.54) is 33.2 Å². The Labute approximate surface area is 335 Å². The van der Waals surface area contributed by atoms with Gasteiger partial charge in [-0.25, -0.2) is 15.0 Å². The fourth-order valence-electron chi connectivity index (χ4n) is 8.16. The number of pyridine rings is 3. The lowest BCUT2D eigenvalue weighted by molar-refractivity contribution is 0.483. The van der Waals surface area contributed by atoms with Crippen molar-refractivity contribution in [1.29, 1.82) is 0 Å². The van der Waals surface area contributed by atoms with Crippen LogP contribution in [0.1, 0.15) is 63.8 Å². The van der Waals surface area contributed by atoms with Crippen LogP contribution >= 0.6 is 0 Å². The summed E-state index contributed by atoms with van der Waals surface area (Å²) in [5.74, 6) is 4.11. The van der Waals surface area contributed by atoms with Crippen LogP contribution in [0, 0.1) is 13.8 Å². The number of aromatic nitrogens is 4. The van der Waals surface area contributed by atoms with Gasteiger partial charge in [-0.15, -0.1) is 0 Å². The van der Waals surface area contributed by atoms with Gasteiger partial charge < -0.3 is 9.64 Å². The second-order valence-electron chi connectivity index (χ2n) is 17.3. The van der Waals surface area contributed by atoms with Gasteiger partial charge in [-0.3, -0.25) is 9.47 Å². The van der Waals surface area contributed by atoms with E-state index in [-0.39, 0.29) is 10.8 Å². The summed E-state index contributed by atoms with van der Waals surface area (Å²) in [5, 5.41) is 2.33. The van der Waals surface area contributed by atoms with Crippen molar-refractivity contribution < 1.29 is 4.74 Å². The van der Waals surface area contributed by atoms with Gasteiger partial charge in [-0.2, -0.15) is 0 Å². The molecule has 0 amide bonds. The molecule has 4 aromatic carbocycles. The summed E-state index contributed by atoms with van der Waals surface area (Å²) in [6.07, 6.45) is 5.75. The van der Waals surface area contributed by atoms with E-state index in [0.717, 1.165) is 62.3 Å². The van der Waals surface area contributed by atoms with Gasteiger partial charge in [0.15, 0.2) is 5.82 Å². The summed E-state index contributed by atoms with van der Waals surface area (Å²) in [4.78, 5) is 19.1. The van der Waals surface area contributed by atoms with Crippen LogP contribution in [0.2, 0.25) is 0 Å². The third kappa shape index (κ3) is 6.57. The van der Waals surface area contributed by atoms with Crippen molar-refractivity contribution >= 4 is 44.8 Å². The predicted octanol–water partition coefficient (Wildman–Crippen LogP) is 12.9. The molecule has 0 spiro atoms. The number of nitrogens with zero attached hydrogens (tertiary/aromatic N) is 6. The fraction of sp³-hybridized carbons (Fsp3) is 0.220. The van der Waals surface area contributed by atoms with Gasteiger partial charge in [0.25, 0.3) is 0 Å². The van der Waals surface area contributed by atoms with Gasteiger partial charge in [0.2, 0.25) is 0 Å². The van der Waals surface area contributed by atoms with Gasteiger partial charge in [0.1, 0.15) is 29.8 Å². The quantitative estimate of drug-likeness (QED) is 0.169. The molecule has 0 saturated carbocycles. The van der Waals surface area contributed by atoms with Crippen LogP contribution in [-0.4, -0.2) is 26.2 Å². The molecular formula is C50H48N6O. The number of rotatable bonds is 6. The predicted molar refractivity (Wildman–Crippen MR) is 235 cm³/mol. The van der Waals surface area contributed by atoms with E-state index in [1.807, 2.05) is 36.8 Å². The zero-order valence-corrected chi connectivity index (χ0v) is 34.0. The highest BCUT2D eigenvalue weighted by Gasteiger charge is 2.30. The maximum absolute atomic E-state index is 6.65. The average molecular weight is 749 g/mol. The monoisotopic (exact) mass is 748 g/mol. The van der Waals surface area contributed by atoms with Gasteiger partial charge in [-0.05, 0) is 119 Å². The van der Waals surface area contributed by atoms with Crippen molar-refractivity contribution in [3.05, 3.63) is 156 Å². The van der Waals surface area contributed by atoms with Gasteiger partial charge in [0.05, 0.1) is 16.7 Å². The van der Waals surface area contributed by atoms with Crippen molar-refractivity contribution in [2.45, 2.75) is 66.2 Å². The number of fused-ring (bicyclic) bond motifs is 4. The summed E-state index contributed by atoms with van der Waals surface area (Å²) >= 11 is 0. The molecule has 0 N–H and O–H groups in total. The molecule has 0 radical (unpaired) electrons. The van der Waals surface area contributed by atoms with E-state index in [2.05, 4.69) is 167 Å². The largest absolute Gasteiger partial charge is 0.457 e. The number of anilines is 4. The van der Waals surface area contributed by atoms with Crippen LogP contribution in [-0.2, 0) is 10.8 Å². The van der Waals surface area contributed by atoms with E-state index < -0.39 is 0 Å². The summed E-state index contributed by atoms with van der Waals surface area (Å²) in [7, 11) is 0. The van der Waals surface area contributed by atoms with E-state index in [0.29, 0.717) is 6.67 Å². The molecule has 0 atom stereocenters. The number of ether oxygens (including phenoxy) is 1. The minimum absolute atomic E-state index is 0.00238. The third-order valence-corrected chi connectivity index (χ3v) is 11.2. The Morgan fingerprint density at radius 3 is 2.07 bits per heavy atom. The highest BCUT2D eigenvalue weighted by molar-refractivity contribution is 6.09. The second kappa shape index (κ2) is 13.6. The molecule has 284 valence electrons. The Hall–Kier alpha value is -6.47. The first kappa shape index (κ1) is 36.2. The number of hydrogen-bond donors (Lipinski definition) is 0. The van der Waals surface area contributed by atoms with Crippen molar-refractivity contribution in [3.63, 3.8) is 0 Å². The normalized spacial score (nSPS) is 13.1. The molecule has 1 aliphatic rings. The zero-order chi connectivity index (χ0) is 39.6. The molecule has 4 aromatic heterocycles. The lowest BCUT2D eigenvalue weighted by atomic mass is 9.83. The lowest BCUT2D eigenvalue weighted by Gasteiger charge is -2.23. The molecule has 0 aliphatic carbocycles. The van der Waals surface area contributed by atoms with Crippen LogP contribution in [0.3, 0.4) is 0 Å². The van der Waals surface area contributed by atoms with E-state index in [9.17, 15) is 0 Å². The van der Waals surface area contributed by atoms with Crippen LogP contribution in [0.4, 0.5) is 23.0 Å². The molecule has 5 heterocycles. The second-order valence-corrected chi connectivity index (χ2v) is 17.3. The number of aryl methyl sites for hydroxylation is 2. The number of para-hydroxylation sites is 1. The molecule has 9 rings (SSSR count). The Morgan fingerprint density at radius 1 is 0.561 bits per heavy atom. The molecule has 0 fully saturated rings. The Bertz CT molecular complexity index is 2780. The van der Waals surface area contributed by atoms with Gasteiger partial charge in [0, 0.05) is 52.7 Å². The zero-order valence-electron chi connectivity index (χ0n) is 34.0. The molecule has 7 nitrogen and oxygen atoms in total. The molecule has 1 aliphatic heterocycles. The fourth-order valence-corrected chi connectivity index (χ4v) is 8.16. The maximum atomic E-state index is 6.65. The van der Waals surface area contributed by atoms with Crippen molar-refractivity contribution in [1.82, 2.24) is 19.5 Å². The maximum Gasteiger partial charge on any atom is 0.159 e. The van der Waals surface area contributed by atoms with Crippen LogP contribution in [0.5, 0.6) is 11.5 Å². The Balaban J connectivity index is 1.02. The molecule has 8 aromatic rings. The minimum atomic E-state index is -0.00238. The Kier molecular flexibility index (Phi) is 8.65. The molecule has 57 heavy (non-hydrogen) atoms. The highest BCUT2D eigenvalue weighted by Crippen LogP contribution is 2.44. The van der Waals surface area contributed by atoms with Gasteiger partial charge in [-0.1, -0.05) is 77.9 Å². The standard InChI is InChI=1S/C50H48N6O/c1-32-25-36(50(6,7)8)26-33(2)47(32)34-18-21-45(53-30-34)55-31-54(43-17-12-23-52-48(43)55)37-13-11-14-38(28-37)57-39-19-20-41-40-15-9-10-16-42(40)56(44(41)29-39)46-27-35(22-24-51-46)49(3,4)5/h9-30H,31H2,1-8H3. The van der Waals surface area contributed by atoms with Gasteiger partial charge >= 0.3 is 0 Å². The lowest BCUT2D eigenvalue weighted by Crippen LogP contribution is -2.24. The third-order valence-electron chi connectivity index (χ3n) is 11.2. The van der Waals surface area contributed by atoms with Crippen molar-refractivity contribution in [2.75, 3.05) is 16.5 Å². The molecular weight excluding hydrogens is 701 g/mol. The van der Waals surface area contributed by atoms with E-state index in [4.69, 9.17) is 19.7 Å². The summed E-state index contributed by atoms with van der Waals surface area (Å²) in [6.45, 7) is 18.4. The van der Waals surface area contributed by atoms with Crippen LogP contribution < -0.4 is 14.5 Å². The number of benzene rings is 4. The van der Waals surface area contributed by atoms with E-state index in [1.54, 1.807) is 0 Å². The first-order valence-corrected chi connectivity index (χ1v) is 19.7. The average Bonchev–Trinajstić information content (AvgIpc) is 3.74. The first-order chi connectivity index (χ1) is 27.3. The molecule has 0 bridgehead atoms. The molecule has 0 unspecified atom stereocenters. The van der Waals surface area contributed by atoms with Crippen LogP contribution in [0.25, 0.3) is 38.8 Å². The van der Waals surface area contributed by atoms with E-state index >= 15 is 0 Å². The Morgan fingerprint density at radius 2 is 1.32 bits per heavy atom. The summed E-state index contributed by atoms with van der Waals surface area (Å²) in [6, 6.07) is 40.4. The topological polar surface area (TPSA) is 59.3 Å². The summed E-state index contributed by atoms with van der Waals surface area (Å²) in [5.41, 5.74) is 11.7. The smallest absolute Gasteiger partial charge is 0.159 e. The SMILES string of the molecule is Cc1cc(C(C)(C)C)cc(C)c1-c1ccc(N2CN(c3cccc(Oc4ccc5c6ccccc6n(-c6cc(C(C)(C)C)ccn6)c5c4)c3)c3cccnc32)nc1. The van der Waals surface area contributed by atoms with Crippen molar-refractivity contribution in [2.24, 2.45) is 0 Å². The minimum Gasteiger partial charge on any atom is -0.457 e. The molecule has 0 saturated heterocycles. The van der Waals surface area contributed by atoms with Crippen molar-refractivity contribution in [3.8, 4) is 28.4 Å².